The van der Waals surface area contributed by atoms with Crippen LogP contribution in [-0.4, -0.2) is 82.4 Å². The van der Waals surface area contributed by atoms with Gasteiger partial charge in [0.25, 0.3) is 18.2 Å². The van der Waals surface area contributed by atoms with Crippen molar-refractivity contribution in [2.45, 2.75) is 83.2 Å². The molecular formula is C25H32F5N5O3S. The lowest BCUT2D eigenvalue weighted by atomic mass is 10.0. The lowest BCUT2D eigenvalue weighted by Gasteiger charge is -2.27. The van der Waals surface area contributed by atoms with E-state index in [0.29, 0.717) is 32.6 Å². The Labute approximate surface area is 228 Å². The molecule has 216 valence electrons. The van der Waals surface area contributed by atoms with E-state index >= 15 is 0 Å². The highest BCUT2D eigenvalue weighted by atomic mass is 32.1. The maximum Gasteiger partial charge on any atom is 0.408 e. The Kier molecular flexibility index (Phi) is 10.3. The molecule has 0 aliphatic carbocycles. The Balaban J connectivity index is 1.94. The van der Waals surface area contributed by atoms with Gasteiger partial charge in [0.15, 0.2) is 6.04 Å². The Morgan fingerprint density at radius 3 is 2.46 bits per heavy atom. The van der Waals surface area contributed by atoms with E-state index in [4.69, 9.17) is 17.0 Å². The number of pyridine rings is 1. The normalized spacial score (nSPS) is 20.6. The van der Waals surface area contributed by atoms with Crippen molar-refractivity contribution >= 4 is 40.4 Å². The van der Waals surface area contributed by atoms with Gasteiger partial charge in [-0.3, -0.25) is 14.6 Å². The van der Waals surface area contributed by atoms with E-state index in [2.05, 4.69) is 20.6 Å². The van der Waals surface area contributed by atoms with Crippen LogP contribution in [0.15, 0.2) is 17.3 Å². The summed E-state index contributed by atoms with van der Waals surface area (Å²) < 4.78 is 72.3. The van der Waals surface area contributed by atoms with Crippen molar-refractivity contribution in [2.75, 3.05) is 25.1 Å². The van der Waals surface area contributed by atoms with Crippen molar-refractivity contribution in [3.05, 3.63) is 23.4 Å². The molecule has 3 rings (SSSR count). The first-order valence-electron chi connectivity index (χ1n) is 12.7. The zero-order valence-electron chi connectivity index (χ0n) is 21.9. The highest BCUT2D eigenvalue weighted by Crippen LogP contribution is 2.30. The lowest BCUT2D eigenvalue weighted by Crippen LogP contribution is -2.46. The van der Waals surface area contributed by atoms with E-state index < -0.39 is 47.9 Å². The van der Waals surface area contributed by atoms with Crippen LogP contribution in [0.4, 0.5) is 27.8 Å². The molecule has 2 amide bonds. The topological polar surface area (TPSA) is 95.9 Å². The molecule has 0 radical (unpaired) electrons. The summed E-state index contributed by atoms with van der Waals surface area (Å²) in [4.78, 5) is 35.8. The van der Waals surface area contributed by atoms with Crippen LogP contribution in [0.3, 0.4) is 0 Å². The average Bonchev–Trinajstić information content (AvgIpc) is 3.32. The second-order valence-corrected chi connectivity index (χ2v) is 10.2. The van der Waals surface area contributed by atoms with Crippen molar-refractivity contribution in [3.63, 3.8) is 0 Å². The minimum absolute atomic E-state index is 0.0575. The summed E-state index contributed by atoms with van der Waals surface area (Å²) in [5, 5.41) is 4.89. The number of nitrogens with zero attached hydrogens (tertiary/aromatic N) is 3. The Hall–Kier alpha value is -2.74. The van der Waals surface area contributed by atoms with Crippen molar-refractivity contribution < 1.29 is 36.3 Å². The molecule has 1 aromatic rings. The van der Waals surface area contributed by atoms with E-state index in [1.54, 1.807) is 4.90 Å². The Morgan fingerprint density at radius 2 is 1.90 bits per heavy atom. The van der Waals surface area contributed by atoms with Gasteiger partial charge in [0.1, 0.15) is 11.9 Å². The van der Waals surface area contributed by atoms with Crippen LogP contribution in [-0.2, 0) is 14.3 Å². The minimum Gasteiger partial charge on any atom is -0.381 e. The molecule has 2 saturated heterocycles. The number of amides is 2. The molecule has 2 N–H and O–H groups in total. The summed E-state index contributed by atoms with van der Waals surface area (Å²) in [6.07, 6.45) is -4.14. The minimum atomic E-state index is -4.62. The maximum absolute atomic E-state index is 14.1. The zero-order chi connectivity index (χ0) is 28.9. The number of thiocarbonyl (C=S) groups is 1. The van der Waals surface area contributed by atoms with Gasteiger partial charge < -0.3 is 20.3 Å². The number of nitrogens with one attached hydrogen (secondary N) is 2. The number of aliphatic imine (C=N–C) groups is 1. The Morgan fingerprint density at radius 1 is 1.23 bits per heavy atom. The molecular weight excluding hydrogens is 545 g/mol. The molecule has 2 fully saturated rings. The van der Waals surface area contributed by atoms with Crippen LogP contribution in [0.1, 0.15) is 64.0 Å². The molecule has 8 nitrogen and oxygen atoms in total. The quantitative estimate of drug-likeness (QED) is 0.197. The number of ether oxygens (including phenoxy) is 1. The number of hydrogen-bond acceptors (Lipinski definition) is 7. The average molecular weight is 578 g/mol. The van der Waals surface area contributed by atoms with Crippen molar-refractivity contribution in [1.29, 1.82) is 0 Å². The van der Waals surface area contributed by atoms with E-state index in [1.807, 2.05) is 6.92 Å². The number of alkyl halides is 5. The van der Waals surface area contributed by atoms with Gasteiger partial charge in [0.2, 0.25) is 0 Å². The molecule has 1 unspecified atom stereocenters. The van der Waals surface area contributed by atoms with Gasteiger partial charge in [-0.05, 0) is 52.5 Å². The SMILES string of the molecule is C/C(=N\C(C(=O)N1CCC[C@@H]1C)C(=S)c1cnc(N[C@@H](C)C(F)(F)F)cc1C(F)F)C(=O)NC1CCOCC1. The fourth-order valence-electron chi connectivity index (χ4n) is 4.42. The maximum atomic E-state index is 14.1. The molecule has 1 aromatic heterocycles. The third-order valence-electron chi connectivity index (χ3n) is 6.82. The fraction of sp³-hybridized carbons (Fsp3) is 0.640. The first-order chi connectivity index (χ1) is 18.3. The summed E-state index contributed by atoms with van der Waals surface area (Å²) in [5.74, 6) is -1.49. The van der Waals surface area contributed by atoms with E-state index in [-0.39, 0.29) is 28.2 Å². The number of hydrogen-bond donors (Lipinski definition) is 2. The second-order valence-electron chi connectivity index (χ2n) is 9.73. The molecule has 2 aliphatic rings. The number of halogens is 5. The number of carbonyl (C=O) groups excluding carboxylic acids is 2. The standard InChI is InChI=1S/C25H32F5N5O3S/c1-13-5-4-8-35(13)24(37)20(32-14(2)23(36)34-16-6-9-38-10-7-16)21(39)18-12-31-19(11-17(18)22(26)27)33-15(3)25(28,29)30/h11-13,15-16,20,22H,4-10H2,1-3H3,(H,31,33)(H,34,36)/b32-14+/t13-,15-,20?/m0/s1. The first kappa shape index (κ1) is 30.8. The van der Waals surface area contributed by atoms with Crippen LogP contribution in [0.5, 0.6) is 0 Å². The second kappa shape index (κ2) is 13.1. The van der Waals surface area contributed by atoms with Crippen LogP contribution in [0, 0.1) is 0 Å². The predicted octanol–water partition coefficient (Wildman–Crippen LogP) is 4.24. The monoisotopic (exact) mass is 577 g/mol. The molecule has 39 heavy (non-hydrogen) atoms. The fourth-order valence-corrected chi connectivity index (χ4v) is 4.74. The van der Waals surface area contributed by atoms with Gasteiger partial charge >= 0.3 is 6.18 Å². The number of rotatable bonds is 9. The molecule has 0 aromatic carbocycles. The number of aromatic nitrogens is 1. The number of anilines is 1. The van der Waals surface area contributed by atoms with Gasteiger partial charge in [-0.25, -0.2) is 13.8 Å². The molecule has 3 heterocycles. The summed E-state index contributed by atoms with van der Waals surface area (Å²) >= 11 is 5.48. The number of likely N-dealkylation sites (tertiary alicyclic amines) is 1. The van der Waals surface area contributed by atoms with E-state index in [1.165, 1.54) is 6.92 Å². The van der Waals surface area contributed by atoms with Gasteiger partial charge in [0.05, 0.1) is 10.6 Å². The third-order valence-corrected chi connectivity index (χ3v) is 7.26. The van der Waals surface area contributed by atoms with Crippen LogP contribution < -0.4 is 10.6 Å². The van der Waals surface area contributed by atoms with Gasteiger partial charge in [-0.1, -0.05) is 12.2 Å². The van der Waals surface area contributed by atoms with Crippen LogP contribution in [0.25, 0.3) is 0 Å². The van der Waals surface area contributed by atoms with Crippen molar-refractivity contribution in [2.24, 2.45) is 4.99 Å². The molecule has 2 aliphatic heterocycles. The summed E-state index contributed by atoms with van der Waals surface area (Å²) in [6.45, 7) is 5.48. The van der Waals surface area contributed by atoms with Gasteiger partial charge in [-0.2, -0.15) is 13.2 Å². The zero-order valence-corrected chi connectivity index (χ0v) is 22.7. The highest BCUT2D eigenvalue weighted by molar-refractivity contribution is 7.81. The van der Waals surface area contributed by atoms with Crippen molar-refractivity contribution in [3.8, 4) is 0 Å². The van der Waals surface area contributed by atoms with Gasteiger partial charge in [0, 0.05) is 49.2 Å². The largest absolute Gasteiger partial charge is 0.408 e. The van der Waals surface area contributed by atoms with E-state index in [9.17, 15) is 31.5 Å². The summed E-state index contributed by atoms with van der Waals surface area (Å²) in [6, 6.07) is -3.01. The lowest BCUT2D eigenvalue weighted by molar-refractivity contribution is -0.138. The molecule has 0 saturated carbocycles. The van der Waals surface area contributed by atoms with Gasteiger partial charge in [-0.15, -0.1) is 0 Å². The highest BCUT2D eigenvalue weighted by Gasteiger charge is 2.38. The van der Waals surface area contributed by atoms with Crippen LogP contribution >= 0.6 is 12.2 Å². The molecule has 0 bridgehead atoms. The molecule has 14 heteroatoms. The summed E-state index contributed by atoms with van der Waals surface area (Å²) in [7, 11) is 0. The molecule has 0 spiro atoms. The first-order valence-corrected chi connectivity index (χ1v) is 13.1. The van der Waals surface area contributed by atoms with Crippen molar-refractivity contribution in [1.82, 2.24) is 15.2 Å². The summed E-state index contributed by atoms with van der Waals surface area (Å²) in [5.41, 5.74) is -1.05. The number of carbonyl (C=O) groups is 2. The smallest absolute Gasteiger partial charge is 0.381 e. The third kappa shape index (κ3) is 7.90. The predicted molar refractivity (Wildman–Crippen MR) is 139 cm³/mol. The van der Waals surface area contributed by atoms with E-state index in [0.717, 1.165) is 32.0 Å². The Bertz CT molecular complexity index is 1090. The van der Waals surface area contributed by atoms with Crippen LogP contribution in [0.2, 0.25) is 0 Å². The molecule has 3 atom stereocenters.